The van der Waals surface area contributed by atoms with Crippen LogP contribution in [-0.2, 0) is 0 Å². The first-order valence-corrected chi connectivity index (χ1v) is 2.91. The van der Waals surface area contributed by atoms with Gasteiger partial charge in [0.15, 0.2) is 6.26 Å². The lowest BCUT2D eigenvalue weighted by Gasteiger charge is -1.86. The lowest BCUT2D eigenvalue weighted by molar-refractivity contribution is 0.360. The normalized spacial score (nSPS) is 10.5. The number of hydrogen-bond acceptors (Lipinski definition) is 4. The zero-order valence-corrected chi connectivity index (χ0v) is 5.40. The quantitative estimate of drug-likeness (QED) is 0.538. The van der Waals surface area contributed by atoms with Gasteiger partial charge in [0, 0.05) is 11.0 Å². The SMILES string of the molecule is Cc1cc2nnocc-2n1. The number of fused-ring (bicyclic) bond motifs is 1. The largest absolute Gasteiger partial charge is 0.345 e. The third kappa shape index (κ3) is 0.655. The standard InChI is InChI=1S/C6H5N3O/c1-4-2-5-6(7-4)3-10-9-8-5/h2-3H,1H3. The summed E-state index contributed by atoms with van der Waals surface area (Å²) in [5.74, 6) is 0. The molecule has 0 saturated carbocycles. The van der Waals surface area contributed by atoms with Crippen molar-refractivity contribution in [1.29, 1.82) is 0 Å². The van der Waals surface area contributed by atoms with E-state index in [0.29, 0.717) is 0 Å². The van der Waals surface area contributed by atoms with Crippen molar-refractivity contribution in [3.63, 3.8) is 0 Å². The molecule has 4 nitrogen and oxygen atoms in total. The molecule has 0 spiro atoms. The highest BCUT2D eigenvalue weighted by Crippen LogP contribution is 2.16. The van der Waals surface area contributed by atoms with Crippen LogP contribution in [0.1, 0.15) is 5.69 Å². The van der Waals surface area contributed by atoms with E-state index < -0.39 is 0 Å². The van der Waals surface area contributed by atoms with E-state index in [0.717, 1.165) is 17.1 Å². The minimum absolute atomic E-state index is 0.757. The van der Waals surface area contributed by atoms with Gasteiger partial charge in [-0.1, -0.05) is 0 Å². The van der Waals surface area contributed by atoms with E-state index in [-0.39, 0.29) is 0 Å². The number of aryl methyl sites for hydroxylation is 1. The fourth-order valence-corrected chi connectivity index (χ4v) is 0.859. The molecule has 0 unspecified atom stereocenters. The van der Waals surface area contributed by atoms with Crippen molar-refractivity contribution >= 4 is 0 Å². The molecule has 0 N–H and O–H groups in total. The van der Waals surface area contributed by atoms with E-state index in [1.165, 1.54) is 6.26 Å². The first kappa shape index (κ1) is 5.34. The Balaban J connectivity index is 2.76. The molecule has 0 radical (unpaired) electrons. The molecule has 0 fully saturated rings. The minimum Gasteiger partial charge on any atom is -0.345 e. The highest BCUT2D eigenvalue weighted by Gasteiger charge is 2.06. The third-order valence-corrected chi connectivity index (χ3v) is 1.26. The van der Waals surface area contributed by atoms with Gasteiger partial charge in [0.1, 0.15) is 11.4 Å². The van der Waals surface area contributed by atoms with Crippen LogP contribution in [0.2, 0.25) is 0 Å². The van der Waals surface area contributed by atoms with E-state index in [9.17, 15) is 0 Å². The molecule has 0 amide bonds. The molecule has 2 aliphatic heterocycles. The van der Waals surface area contributed by atoms with Crippen molar-refractivity contribution in [2.75, 3.05) is 0 Å². The topological polar surface area (TPSA) is 51.8 Å². The number of hydrogen-bond donors (Lipinski definition) is 0. The highest BCUT2D eigenvalue weighted by molar-refractivity contribution is 5.54. The van der Waals surface area contributed by atoms with Crippen LogP contribution < -0.4 is 0 Å². The number of rotatable bonds is 0. The zero-order valence-electron chi connectivity index (χ0n) is 5.40. The first-order chi connectivity index (χ1) is 4.86. The Bertz CT molecular complexity index is 287. The van der Waals surface area contributed by atoms with Gasteiger partial charge in [0.05, 0.1) is 0 Å². The molecule has 0 atom stereocenters. The van der Waals surface area contributed by atoms with E-state index in [4.69, 9.17) is 0 Å². The van der Waals surface area contributed by atoms with Gasteiger partial charge in [-0.2, -0.15) is 0 Å². The molecule has 10 heavy (non-hydrogen) atoms. The Labute approximate surface area is 57.2 Å². The van der Waals surface area contributed by atoms with Gasteiger partial charge in [-0.05, 0) is 13.0 Å². The maximum atomic E-state index is 4.58. The molecule has 2 heterocycles. The molecule has 0 aromatic rings. The third-order valence-electron chi connectivity index (χ3n) is 1.26. The van der Waals surface area contributed by atoms with E-state index in [1.54, 1.807) is 0 Å². The minimum atomic E-state index is 0.757. The second-order valence-corrected chi connectivity index (χ2v) is 2.07. The van der Waals surface area contributed by atoms with Crippen molar-refractivity contribution in [2.45, 2.75) is 6.92 Å². The number of nitrogens with zero attached hydrogens (tertiary/aromatic N) is 3. The molecule has 50 valence electrons. The van der Waals surface area contributed by atoms with Crippen LogP contribution >= 0.6 is 0 Å². The monoisotopic (exact) mass is 135 g/mol. The van der Waals surface area contributed by atoms with Crippen LogP contribution in [0.25, 0.3) is 11.4 Å². The van der Waals surface area contributed by atoms with Crippen LogP contribution in [0, 0.1) is 6.92 Å². The molecule has 0 saturated heterocycles. The Morgan fingerprint density at radius 2 is 2.30 bits per heavy atom. The summed E-state index contributed by atoms with van der Waals surface area (Å²) in [6, 6.07) is 1.86. The fraction of sp³-hybridized carbons (Fsp3) is 0.167. The summed E-state index contributed by atoms with van der Waals surface area (Å²) in [6.45, 7) is 1.90. The molecule has 2 aliphatic rings. The molecule has 0 aromatic carbocycles. The fourth-order valence-electron chi connectivity index (χ4n) is 0.859. The van der Waals surface area contributed by atoms with Crippen LogP contribution in [0.4, 0.5) is 0 Å². The van der Waals surface area contributed by atoms with Crippen molar-refractivity contribution in [1.82, 2.24) is 15.4 Å². The van der Waals surface area contributed by atoms with Gasteiger partial charge >= 0.3 is 0 Å². The molecular formula is C6H5N3O. The summed E-state index contributed by atoms with van der Waals surface area (Å²) in [7, 11) is 0. The van der Waals surface area contributed by atoms with Crippen LogP contribution in [0.5, 0.6) is 0 Å². The van der Waals surface area contributed by atoms with Crippen molar-refractivity contribution in [3.05, 3.63) is 18.0 Å². The molecule has 4 heteroatoms. The molecule has 2 rings (SSSR count). The lowest BCUT2D eigenvalue weighted by Crippen LogP contribution is -1.83. The van der Waals surface area contributed by atoms with Gasteiger partial charge in [-0.3, -0.25) is 0 Å². The Morgan fingerprint density at radius 3 is 3.10 bits per heavy atom. The van der Waals surface area contributed by atoms with E-state index >= 15 is 0 Å². The molecular weight excluding hydrogens is 130 g/mol. The van der Waals surface area contributed by atoms with Crippen molar-refractivity contribution < 1.29 is 4.52 Å². The van der Waals surface area contributed by atoms with E-state index in [2.05, 4.69) is 19.9 Å². The summed E-state index contributed by atoms with van der Waals surface area (Å²) in [5.41, 5.74) is 2.47. The summed E-state index contributed by atoms with van der Waals surface area (Å²) in [6.07, 6.45) is 1.48. The van der Waals surface area contributed by atoms with Crippen LogP contribution in [0.15, 0.2) is 16.9 Å². The van der Waals surface area contributed by atoms with Gasteiger partial charge in [-0.25, -0.2) is 4.98 Å². The zero-order chi connectivity index (χ0) is 6.97. The molecule has 0 aliphatic carbocycles. The summed E-state index contributed by atoms with van der Waals surface area (Å²) < 4.78 is 4.58. The maximum Gasteiger partial charge on any atom is 0.152 e. The predicted octanol–water partition coefficient (Wildman–Crippen LogP) is 0.878. The van der Waals surface area contributed by atoms with Crippen molar-refractivity contribution in [2.24, 2.45) is 0 Å². The van der Waals surface area contributed by atoms with Gasteiger partial charge in [0.2, 0.25) is 0 Å². The Morgan fingerprint density at radius 1 is 1.40 bits per heavy atom. The predicted molar refractivity (Wildman–Crippen MR) is 33.5 cm³/mol. The van der Waals surface area contributed by atoms with Gasteiger partial charge in [0.25, 0.3) is 0 Å². The van der Waals surface area contributed by atoms with Crippen molar-refractivity contribution in [3.8, 4) is 11.4 Å². The average Bonchev–Trinajstić information content (AvgIpc) is 2.27. The van der Waals surface area contributed by atoms with E-state index in [1.807, 2.05) is 13.0 Å². The average molecular weight is 135 g/mol. The van der Waals surface area contributed by atoms with Crippen LogP contribution in [-0.4, -0.2) is 15.4 Å². The lowest BCUT2D eigenvalue weighted by atomic mass is 10.3. The molecule has 0 bridgehead atoms. The summed E-state index contributed by atoms with van der Waals surface area (Å²) in [4.78, 5) is 4.12. The number of aromatic nitrogens is 3. The Hall–Kier alpha value is -1.45. The second-order valence-electron chi connectivity index (χ2n) is 2.07. The second kappa shape index (κ2) is 1.76. The maximum absolute atomic E-state index is 4.58. The first-order valence-electron chi connectivity index (χ1n) is 2.91. The smallest absolute Gasteiger partial charge is 0.152 e. The Kier molecular flexibility index (Phi) is 0.943. The summed E-state index contributed by atoms with van der Waals surface area (Å²) in [5, 5.41) is 7.08. The van der Waals surface area contributed by atoms with Gasteiger partial charge in [-0.15, -0.1) is 5.10 Å². The van der Waals surface area contributed by atoms with Crippen LogP contribution in [0.3, 0.4) is 0 Å². The van der Waals surface area contributed by atoms with Gasteiger partial charge < -0.3 is 4.52 Å². The molecule has 0 aromatic heterocycles. The highest BCUT2D eigenvalue weighted by atomic mass is 16.5. The summed E-state index contributed by atoms with van der Waals surface area (Å²) >= 11 is 0.